The number of ether oxygens (including phenoxy) is 1. The van der Waals surface area contributed by atoms with Crippen LogP contribution in [0.4, 0.5) is 0 Å². The van der Waals surface area contributed by atoms with E-state index in [0.29, 0.717) is 18.7 Å². The minimum Gasteiger partial charge on any atom is -0.492 e. The second-order valence-electron chi connectivity index (χ2n) is 6.49. The van der Waals surface area contributed by atoms with E-state index in [4.69, 9.17) is 4.74 Å². The molecule has 3 rings (SSSR count). The zero-order valence-corrected chi connectivity index (χ0v) is 15.2. The molecule has 2 aromatic carbocycles. The van der Waals surface area contributed by atoms with Crippen molar-refractivity contribution in [1.82, 2.24) is 10.2 Å². The minimum atomic E-state index is -0.192. The van der Waals surface area contributed by atoms with E-state index in [1.54, 1.807) is 24.3 Å². The zero-order chi connectivity index (χ0) is 19.2. The summed E-state index contributed by atoms with van der Waals surface area (Å²) in [4.78, 5) is 36.8. The molecule has 1 aliphatic rings. The largest absolute Gasteiger partial charge is 0.492 e. The van der Waals surface area contributed by atoms with Gasteiger partial charge in [0.05, 0.1) is 13.1 Å². The van der Waals surface area contributed by atoms with Gasteiger partial charge in [0.2, 0.25) is 11.8 Å². The smallest absolute Gasteiger partial charge is 0.251 e. The fourth-order valence-electron chi connectivity index (χ4n) is 2.88. The number of amides is 3. The standard InChI is InChI=1S/C21H22N2O4/c1-15-3-2-4-18(13-15)27-12-11-22-21(26)17-7-5-16(6-8-17)14-23-19(24)9-10-20(23)25/h2-8,13H,9-12,14H2,1H3,(H,22,26). The number of hydrogen-bond acceptors (Lipinski definition) is 4. The number of carbonyl (C=O) groups excluding carboxylic acids is 3. The highest BCUT2D eigenvalue weighted by molar-refractivity contribution is 6.01. The highest BCUT2D eigenvalue weighted by Gasteiger charge is 2.28. The van der Waals surface area contributed by atoms with E-state index in [2.05, 4.69) is 5.32 Å². The Kier molecular flexibility index (Phi) is 5.86. The summed E-state index contributed by atoms with van der Waals surface area (Å²) in [6.07, 6.45) is 0.563. The maximum atomic E-state index is 12.2. The summed E-state index contributed by atoms with van der Waals surface area (Å²) in [5, 5.41) is 2.81. The lowest BCUT2D eigenvalue weighted by molar-refractivity contribution is -0.139. The number of likely N-dealkylation sites (tertiary alicyclic amines) is 1. The third-order valence-corrected chi connectivity index (χ3v) is 4.36. The van der Waals surface area contributed by atoms with Gasteiger partial charge in [-0.15, -0.1) is 0 Å². The van der Waals surface area contributed by atoms with Gasteiger partial charge in [0, 0.05) is 18.4 Å². The average molecular weight is 366 g/mol. The van der Waals surface area contributed by atoms with Gasteiger partial charge in [0.25, 0.3) is 5.91 Å². The van der Waals surface area contributed by atoms with E-state index in [1.165, 1.54) is 4.90 Å². The molecule has 1 saturated heterocycles. The van der Waals surface area contributed by atoms with E-state index < -0.39 is 0 Å². The van der Waals surface area contributed by atoms with Crippen LogP contribution in [-0.2, 0) is 16.1 Å². The molecule has 6 nitrogen and oxygen atoms in total. The molecule has 0 spiro atoms. The van der Waals surface area contributed by atoms with E-state index in [9.17, 15) is 14.4 Å². The number of nitrogens with zero attached hydrogens (tertiary/aromatic N) is 1. The van der Waals surface area contributed by atoms with Crippen LogP contribution in [0.15, 0.2) is 48.5 Å². The number of benzene rings is 2. The molecule has 1 N–H and O–H groups in total. The van der Waals surface area contributed by atoms with Gasteiger partial charge in [-0.3, -0.25) is 19.3 Å². The lowest BCUT2D eigenvalue weighted by Crippen LogP contribution is -2.29. The third kappa shape index (κ3) is 4.94. The van der Waals surface area contributed by atoms with E-state index in [0.717, 1.165) is 16.9 Å². The fraction of sp³-hybridized carbons (Fsp3) is 0.286. The van der Waals surface area contributed by atoms with Crippen LogP contribution in [0.2, 0.25) is 0 Å². The number of rotatable bonds is 7. The Morgan fingerprint density at radius 1 is 1.07 bits per heavy atom. The monoisotopic (exact) mass is 366 g/mol. The predicted molar refractivity (Wildman–Crippen MR) is 100 cm³/mol. The van der Waals surface area contributed by atoms with Gasteiger partial charge in [-0.25, -0.2) is 0 Å². The molecule has 0 aliphatic carbocycles. The zero-order valence-electron chi connectivity index (χ0n) is 15.2. The van der Waals surface area contributed by atoms with Gasteiger partial charge in [-0.05, 0) is 42.3 Å². The summed E-state index contributed by atoms with van der Waals surface area (Å²) < 4.78 is 5.60. The van der Waals surface area contributed by atoms with Crippen LogP contribution in [0.5, 0.6) is 5.75 Å². The van der Waals surface area contributed by atoms with Crippen molar-refractivity contribution in [1.29, 1.82) is 0 Å². The van der Waals surface area contributed by atoms with Crippen LogP contribution < -0.4 is 10.1 Å². The summed E-state index contributed by atoms with van der Waals surface area (Å²) in [6, 6.07) is 14.6. The van der Waals surface area contributed by atoms with E-state index in [1.807, 2.05) is 31.2 Å². The first-order valence-corrected chi connectivity index (χ1v) is 8.93. The highest BCUT2D eigenvalue weighted by atomic mass is 16.5. The molecule has 1 heterocycles. The fourth-order valence-corrected chi connectivity index (χ4v) is 2.88. The van der Waals surface area contributed by atoms with Crippen LogP contribution >= 0.6 is 0 Å². The molecule has 0 saturated carbocycles. The first-order valence-electron chi connectivity index (χ1n) is 8.93. The predicted octanol–water partition coefficient (Wildman–Crippen LogP) is 2.45. The number of hydrogen-bond donors (Lipinski definition) is 1. The van der Waals surface area contributed by atoms with Crippen molar-refractivity contribution in [3.63, 3.8) is 0 Å². The molecule has 6 heteroatoms. The topological polar surface area (TPSA) is 75.7 Å². The van der Waals surface area contributed by atoms with Crippen molar-refractivity contribution >= 4 is 17.7 Å². The van der Waals surface area contributed by atoms with Crippen molar-refractivity contribution < 1.29 is 19.1 Å². The lowest BCUT2D eigenvalue weighted by atomic mass is 10.1. The molecular formula is C21H22N2O4. The van der Waals surface area contributed by atoms with Crippen LogP contribution in [-0.4, -0.2) is 35.8 Å². The normalized spacial score (nSPS) is 13.7. The number of carbonyl (C=O) groups is 3. The molecule has 0 unspecified atom stereocenters. The summed E-state index contributed by atoms with van der Waals surface area (Å²) >= 11 is 0. The van der Waals surface area contributed by atoms with Crippen molar-refractivity contribution in [2.24, 2.45) is 0 Å². The van der Waals surface area contributed by atoms with Gasteiger partial charge in [0.15, 0.2) is 0 Å². The molecule has 0 radical (unpaired) electrons. The van der Waals surface area contributed by atoms with Crippen LogP contribution in [0.25, 0.3) is 0 Å². The first-order chi connectivity index (χ1) is 13.0. The number of aryl methyl sites for hydroxylation is 1. The number of imide groups is 1. The summed E-state index contributed by atoms with van der Waals surface area (Å²) in [6.45, 7) is 3.02. The molecule has 2 aromatic rings. The molecule has 27 heavy (non-hydrogen) atoms. The highest BCUT2D eigenvalue weighted by Crippen LogP contribution is 2.16. The Hall–Kier alpha value is -3.15. The van der Waals surface area contributed by atoms with Crippen LogP contribution in [0.1, 0.15) is 34.3 Å². The maximum absolute atomic E-state index is 12.2. The van der Waals surface area contributed by atoms with Gasteiger partial charge in [0.1, 0.15) is 12.4 Å². The molecular weight excluding hydrogens is 344 g/mol. The van der Waals surface area contributed by atoms with Crippen LogP contribution in [0, 0.1) is 6.92 Å². The molecule has 1 fully saturated rings. The van der Waals surface area contributed by atoms with Gasteiger partial charge >= 0.3 is 0 Å². The Morgan fingerprint density at radius 2 is 1.78 bits per heavy atom. The molecule has 0 aromatic heterocycles. The molecule has 140 valence electrons. The molecule has 1 aliphatic heterocycles. The van der Waals surface area contributed by atoms with Gasteiger partial charge in [-0.1, -0.05) is 24.3 Å². The molecule has 3 amide bonds. The molecule has 0 atom stereocenters. The third-order valence-electron chi connectivity index (χ3n) is 4.36. The summed E-state index contributed by atoms with van der Waals surface area (Å²) in [5.41, 5.74) is 2.46. The molecule has 0 bridgehead atoms. The first kappa shape index (κ1) is 18.6. The number of nitrogens with one attached hydrogen (secondary N) is 1. The summed E-state index contributed by atoms with van der Waals surface area (Å²) in [7, 11) is 0. The van der Waals surface area contributed by atoms with Crippen molar-refractivity contribution in [3.8, 4) is 5.75 Å². The van der Waals surface area contributed by atoms with Gasteiger partial charge < -0.3 is 10.1 Å². The average Bonchev–Trinajstić information content (AvgIpc) is 2.98. The Morgan fingerprint density at radius 3 is 2.44 bits per heavy atom. The van der Waals surface area contributed by atoms with E-state index >= 15 is 0 Å². The maximum Gasteiger partial charge on any atom is 0.251 e. The van der Waals surface area contributed by atoms with Crippen molar-refractivity contribution in [2.45, 2.75) is 26.3 Å². The second kappa shape index (κ2) is 8.49. The Bertz CT molecular complexity index is 830. The van der Waals surface area contributed by atoms with Gasteiger partial charge in [-0.2, -0.15) is 0 Å². The van der Waals surface area contributed by atoms with Crippen molar-refractivity contribution in [3.05, 3.63) is 65.2 Å². The SMILES string of the molecule is Cc1cccc(OCCNC(=O)c2ccc(CN3C(=O)CCC3=O)cc2)c1. The Balaban J connectivity index is 1.46. The lowest BCUT2D eigenvalue weighted by Gasteiger charge is -2.14. The quantitative estimate of drug-likeness (QED) is 0.603. The van der Waals surface area contributed by atoms with Crippen molar-refractivity contribution in [2.75, 3.05) is 13.2 Å². The summed E-state index contributed by atoms with van der Waals surface area (Å²) in [5.74, 6) is 0.299. The minimum absolute atomic E-state index is 0.143. The Labute approximate surface area is 158 Å². The van der Waals surface area contributed by atoms with Crippen LogP contribution in [0.3, 0.4) is 0 Å². The van der Waals surface area contributed by atoms with E-state index in [-0.39, 0.29) is 37.1 Å². The second-order valence-corrected chi connectivity index (χ2v) is 6.49.